The monoisotopic (exact) mass is 305 g/mol. The summed E-state index contributed by atoms with van der Waals surface area (Å²) in [7, 11) is 3.74. The van der Waals surface area contributed by atoms with Gasteiger partial charge in [-0.05, 0) is 24.7 Å². The van der Waals surface area contributed by atoms with E-state index in [4.69, 9.17) is 9.47 Å². The number of nitrogens with zero attached hydrogens (tertiary/aromatic N) is 2. The zero-order chi connectivity index (χ0) is 15.5. The maximum Gasteiger partial charge on any atom is 0.317 e. The zero-order valence-electron chi connectivity index (χ0n) is 13.1. The van der Waals surface area contributed by atoms with Gasteiger partial charge in [-0.2, -0.15) is 0 Å². The van der Waals surface area contributed by atoms with Crippen molar-refractivity contribution in [1.82, 2.24) is 15.1 Å². The van der Waals surface area contributed by atoms with Gasteiger partial charge in [0.2, 0.25) is 0 Å². The van der Waals surface area contributed by atoms with Gasteiger partial charge in [-0.1, -0.05) is 12.1 Å². The number of morpholine rings is 2. The third kappa shape index (κ3) is 3.51. The Kier molecular flexibility index (Phi) is 4.49. The SMILES string of the molecule is COc1ccc(CNC(=O)N2CC3CN(C)CC(C2)O3)cc1. The molecule has 2 bridgehead atoms. The van der Waals surface area contributed by atoms with Gasteiger partial charge in [0, 0.05) is 32.7 Å². The van der Waals surface area contributed by atoms with Crippen LogP contribution in [0, 0.1) is 0 Å². The van der Waals surface area contributed by atoms with E-state index in [0.29, 0.717) is 19.6 Å². The molecule has 6 heteroatoms. The molecule has 1 aromatic rings. The van der Waals surface area contributed by atoms with Crippen LogP contribution in [-0.2, 0) is 11.3 Å². The Morgan fingerprint density at radius 2 is 1.86 bits per heavy atom. The Hall–Kier alpha value is -1.79. The van der Waals surface area contributed by atoms with Crippen molar-refractivity contribution in [3.8, 4) is 5.75 Å². The molecule has 0 aliphatic carbocycles. The van der Waals surface area contributed by atoms with Gasteiger partial charge >= 0.3 is 6.03 Å². The number of likely N-dealkylation sites (N-methyl/N-ethyl adjacent to an activating group) is 1. The molecule has 2 heterocycles. The van der Waals surface area contributed by atoms with Crippen molar-refractivity contribution in [1.29, 1.82) is 0 Å². The molecule has 120 valence electrons. The van der Waals surface area contributed by atoms with Crippen LogP contribution in [0.5, 0.6) is 5.75 Å². The van der Waals surface area contributed by atoms with E-state index in [1.165, 1.54) is 0 Å². The van der Waals surface area contributed by atoms with Crippen LogP contribution in [0.2, 0.25) is 0 Å². The van der Waals surface area contributed by atoms with Crippen molar-refractivity contribution < 1.29 is 14.3 Å². The average Bonchev–Trinajstić information content (AvgIpc) is 2.52. The highest BCUT2D eigenvalue weighted by Crippen LogP contribution is 2.18. The first-order chi connectivity index (χ1) is 10.6. The Balaban J connectivity index is 1.51. The number of fused-ring (bicyclic) bond motifs is 2. The van der Waals surface area contributed by atoms with Gasteiger partial charge < -0.3 is 24.6 Å². The molecule has 2 unspecified atom stereocenters. The first-order valence-electron chi connectivity index (χ1n) is 7.64. The van der Waals surface area contributed by atoms with Gasteiger partial charge in [-0.15, -0.1) is 0 Å². The predicted octanol–water partition coefficient (Wildman–Crippen LogP) is 0.920. The molecule has 1 N–H and O–H groups in total. The van der Waals surface area contributed by atoms with Crippen LogP contribution in [0.1, 0.15) is 5.56 Å². The lowest BCUT2D eigenvalue weighted by molar-refractivity contribution is -0.123. The molecule has 0 saturated carbocycles. The number of ether oxygens (including phenoxy) is 2. The summed E-state index contributed by atoms with van der Waals surface area (Å²) in [6, 6.07) is 7.70. The lowest BCUT2D eigenvalue weighted by Crippen LogP contribution is -2.61. The number of hydrogen-bond donors (Lipinski definition) is 1. The van der Waals surface area contributed by atoms with Crippen molar-refractivity contribution in [3.63, 3.8) is 0 Å². The second-order valence-corrected chi connectivity index (χ2v) is 6.01. The Labute approximate surface area is 131 Å². The topological polar surface area (TPSA) is 54.0 Å². The van der Waals surface area contributed by atoms with Crippen LogP contribution in [0.3, 0.4) is 0 Å². The van der Waals surface area contributed by atoms with Gasteiger partial charge in [0.15, 0.2) is 0 Å². The molecule has 0 aromatic heterocycles. The third-order valence-corrected chi connectivity index (χ3v) is 4.15. The molecule has 22 heavy (non-hydrogen) atoms. The van der Waals surface area contributed by atoms with Gasteiger partial charge in [0.25, 0.3) is 0 Å². The van der Waals surface area contributed by atoms with Crippen LogP contribution in [0.4, 0.5) is 4.79 Å². The number of benzene rings is 1. The number of nitrogens with one attached hydrogen (secondary N) is 1. The first-order valence-corrected chi connectivity index (χ1v) is 7.64. The molecule has 2 amide bonds. The number of rotatable bonds is 3. The number of hydrogen-bond acceptors (Lipinski definition) is 4. The molecule has 0 spiro atoms. The zero-order valence-corrected chi connectivity index (χ0v) is 13.1. The van der Waals surface area contributed by atoms with Crippen molar-refractivity contribution in [2.24, 2.45) is 0 Å². The summed E-state index contributed by atoms with van der Waals surface area (Å²) in [5.41, 5.74) is 1.06. The van der Waals surface area contributed by atoms with E-state index in [0.717, 1.165) is 24.4 Å². The normalized spacial score (nSPS) is 24.9. The first kappa shape index (κ1) is 15.1. The number of carbonyl (C=O) groups is 1. The summed E-state index contributed by atoms with van der Waals surface area (Å²) in [6.45, 7) is 3.62. The molecule has 2 atom stereocenters. The lowest BCUT2D eigenvalue weighted by Gasteiger charge is -2.44. The summed E-state index contributed by atoms with van der Waals surface area (Å²) in [5, 5.41) is 2.98. The molecule has 2 aliphatic heterocycles. The minimum absolute atomic E-state index is 0.0151. The number of carbonyl (C=O) groups excluding carboxylic acids is 1. The molecule has 2 aliphatic rings. The van der Waals surface area contributed by atoms with E-state index in [2.05, 4.69) is 17.3 Å². The van der Waals surface area contributed by atoms with E-state index in [9.17, 15) is 4.79 Å². The highest BCUT2D eigenvalue weighted by atomic mass is 16.5. The van der Waals surface area contributed by atoms with Crippen molar-refractivity contribution in [2.45, 2.75) is 18.8 Å². The summed E-state index contributed by atoms with van der Waals surface area (Å²) >= 11 is 0. The largest absolute Gasteiger partial charge is 0.497 e. The maximum absolute atomic E-state index is 12.3. The quantitative estimate of drug-likeness (QED) is 0.902. The minimum Gasteiger partial charge on any atom is -0.497 e. The number of urea groups is 1. The Morgan fingerprint density at radius 3 is 2.45 bits per heavy atom. The lowest BCUT2D eigenvalue weighted by atomic mass is 10.1. The van der Waals surface area contributed by atoms with Gasteiger partial charge in [-0.25, -0.2) is 4.79 Å². The van der Waals surface area contributed by atoms with Gasteiger partial charge in [-0.3, -0.25) is 0 Å². The van der Waals surface area contributed by atoms with Crippen LogP contribution in [-0.4, -0.2) is 68.4 Å². The van der Waals surface area contributed by atoms with Gasteiger partial charge in [0.1, 0.15) is 5.75 Å². The van der Waals surface area contributed by atoms with Crippen LogP contribution in [0.25, 0.3) is 0 Å². The minimum atomic E-state index is -0.0151. The fourth-order valence-corrected chi connectivity index (χ4v) is 3.09. The van der Waals surface area contributed by atoms with Crippen LogP contribution in [0.15, 0.2) is 24.3 Å². The van der Waals surface area contributed by atoms with Crippen molar-refractivity contribution >= 4 is 6.03 Å². The Morgan fingerprint density at radius 1 is 1.23 bits per heavy atom. The molecule has 3 rings (SSSR count). The van der Waals surface area contributed by atoms with Crippen LogP contribution < -0.4 is 10.1 Å². The summed E-state index contributed by atoms with van der Waals surface area (Å²) in [5.74, 6) is 0.820. The molecular formula is C16H23N3O3. The smallest absolute Gasteiger partial charge is 0.317 e. The predicted molar refractivity (Wildman–Crippen MR) is 83.0 cm³/mol. The molecular weight excluding hydrogens is 282 g/mol. The van der Waals surface area contributed by atoms with Gasteiger partial charge in [0.05, 0.1) is 19.3 Å². The molecule has 6 nitrogen and oxygen atoms in total. The van der Waals surface area contributed by atoms with Crippen molar-refractivity contribution in [2.75, 3.05) is 40.3 Å². The van der Waals surface area contributed by atoms with E-state index in [1.54, 1.807) is 7.11 Å². The third-order valence-electron chi connectivity index (χ3n) is 4.15. The van der Waals surface area contributed by atoms with E-state index >= 15 is 0 Å². The summed E-state index contributed by atoms with van der Waals surface area (Å²) < 4.78 is 11.0. The average molecular weight is 305 g/mol. The number of amides is 2. The van der Waals surface area contributed by atoms with E-state index < -0.39 is 0 Å². The Bertz CT molecular complexity index is 502. The fraction of sp³-hybridized carbons (Fsp3) is 0.562. The molecule has 1 aromatic carbocycles. The highest BCUT2D eigenvalue weighted by molar-refractivity contribution is 5.74. The summed E-state index contributed by atoms with van der Waals surface area (Å²) in [4.78, 5) is 16.5. The van der Waals surface area contributed by atoms with Crippen molar-refractivity contribution in [3.05, 3.63) is 29.8 Å². The van der Waals surface area contributed by atoms with E-state index in [1.807, 2.05) is 29.2 Å². The second-order valence-electron chi connectivity index (χ2n) is 6.01. The van der Waals surface area contributed by atoms with Crippen LogP contribution >= 0.6 is 0 Å². The molecule has 2 fully saturated rings. The highest BCUT2D eigenvalue weighted by Gasteiger charge is 2.35. The molecule has 2 saturated heterocycles. The van der Waals surface area contributed by atoms with E-state index in [-0.39, 0.29) is 18.2 Å². The second kappa shape index (κ2) is 6.54. The maximum atomic E-state index is 12.3. The summed E-state index contributed by atoms with van der Waals surface area (Å²) in [6.07, 6.45) is 0.258. The number of methoxy groups -OCH3 is 1. The standard InChI is InChI=1S/C16H23N3O3/c1-18-8-14-10-19(11-15(9-18)22-14)16(20)17-7-12-3-5-13(21-2)6-4-12/h3-6,14-15H,7-11H2,1-2H3,(H,17,20). The fourth-order valence-electron chi connectivity index (χ4n) is 3.09. The molecule has 0 radical (unpaired) electrons.